The standard InChI is InChI=1S/C27H51NO5Si/c1-17(2)19-13-14-26(11,33-34)25(9,10)27(19,23(3,4)5)20-16-28(15-18(20)21(29)31-12)22(30)32-24(6,7)8/h17-20H,13-16H2,1-12,34H3/t18-,19?,20+,26?,27?/m0/s1. The van der Waals surface area contributed by atoms with E-state index in [0.29, 0.717) is 35.4 Å². The van der Waals surface area contributed by atoms with Crippen LogP contribution in [0.15, 0.2) is 0 Å². The highest BCUT2D eigenvalue weighted by molar-refractivity contribution is 5.98. The molecule has 1 heterocycles. The minimum Gasteiger partial charge on any atom is -0.469 e. The summed E-state index contributed by atoms with van der Waals surface area (Å²) in [5.41, 5.74) is -1.61. The maximum atomic E-state index is 13.3. The monoisotopic (exact) mass is 497 g/mol. The van der Waals surface area contributed by atoms with Gasteiger partial charge < -0.3 is 18.8 Å². The summed E-state index contributed by atoms with van der Waals surface area (Å²) in [4.78, 5) is 28.2. The van der Waals surface area contributed by atoms with Crippen molar-refractivity contribution in [2.24, 2.45) is 39.9 Å². The summed E-state index contributed by atoms with van der Waals surface area (Å²) in [6, 6.07) is 0. The third-order valence-corrected chi connectivity index (χ3v) is 10.3. The van der Waals surface area contributed by atoms with Crippen LogP contribution >= 0.6 is 0 Å². The Bertz CT molecular complexity index is 768. The van der Waals surface area contributed by atoms with Gasteiger partial charge in [0.2, 0.25) is 0 Å². The summed E-state index contributed by atoms with van der Waals surface area (Å²) in [6.07, 6.45) is 1.67. The molecule has 2 rings (SSSR count). The van der Waals surface area contributed by atoms with Crippen molar-refractivity contribution in [2.75, 3.05) is 20.2 Å². The number of carbonyl (C=O) groups is 2. The Morgan fingerprint density at radius 3 is 2.00 bits per heavy atom. The van der Waals surface area contributed by atoms with Crippen LogP contribution in [0.5, 0.6) is 0 Å². The highest BCUT2D eigenvalue weighted by Crippen LogP contribution is 2.72. The summed E-state index contributed by atoms with van der Waals surface area (Å²) in [5, 5.41) is 0. The van der Waals surface area contributed by atoms with Crippen LogP contribution in [0.4, 0.5) is 4.79 Å². The van der Waals surface area contributed by atoms with E-state index in [1.54, 1.807) is 4.90 Å². The molecule has 198 valence electrons. The molecule has 6 nitrogen and oxygen atoms in total. The van der Waals surface area contributed by atoms with Gasteiger partial charge >= 0.3 is 12.1 Å². The number of likely N-dealkylation sites (tertiary alicyclic amines) is 1. The van der Waals surface area contributed by atoms with Gasteiger partial charge in [0.1, 0.15) is 16.1 Å². The number of esters is 1. The van der Waals surface area contributed by atoms with Crippen LogP contribution in [0.25, 0.3) is 0 Å². The van der Waals surface area contributed by atoms with E-state index in [1.165, 1.54) is 7.11 Å². The maximum Gasteiger partial charge on any atom is 0.410 e. The molecule has 1 aliphatic carbocycles. The number of hydrogen-bond acceptors (Lipinski definition) is 5. The molecule has 34 heavy (non-hydrogen) atoms. The van der Waals surface area contributed by atoms with Crippen LogP contribution in [0.2, 0.25) is 0 Å². The third-order valence-electron chi connectivity index (χ3n) is 9.43. The van der Waals surface area contributed by atoms with Crippen LogP contribution in [0.1, 0.15) is 89.0 Å². The van der Waals surface area contributed by atoms with Gasteiger partial charge in [0, 0.05) is 13.1 Å². The van der Waals surface area contributed by atoms with Crippen molar-refractivity contribution in [3.05, 3.63) is 0 Å². The van der Waals surface area contributed by atoms with Crippen LogP contribution in [-0.4, -0.2) is 58.8 Å². The second-order valence-electron chi connectivity index (χ2n) is 13.7. The van der Waals surface area contributed by atoms with E-state index in [2.05, 4.69) is 55.4 Å². The van der Waals surface area contributed by atoms with Crippen molar-refractivity contribution < 1.29 is 23.5 Å². The first-order valence-corrected chi connectivity index (χ1v) is 13.7. The van der Waals surface area contributed by atoms with E-state index < -0.39 is 11.5 Å². The lowest BCUT2D eigenvalue weighted by Crippen LogP contribution is -2.70. The molecule has 0 radical (unpaired) electrons. The van der Waals surface area contributed by atoms with Gasteiger partial charge in [-0.05, 0) is 74.5 Å². The number of ether oxygens (including phenoxy) is 2. The highest BCUT2D eigenvalue weighted by Gasteiger charge is 2.71. The molecular formula is C27H51NO5Si. The zero-order chi connectivity index (χ0) is 26.5. The molecule has 1 saturated carbocycles. The first-order valence-electron chi connectivity index (χ1n) is 12.9. The average Bonchev–Trinajstić information content (AvgIpc) is 3.12. The number of hydrogen-bond donors (Lipinski definition) is 0. The van der Waals surface area contributed by atoms with Crippen molar-refractivity contribution in [3.63, 3.8) is 0 Å². The summed E-state index contributed by atoms with van der Waals surface area (Å²) < 4.78 is 17.5. The molecule has 0 N–H and O–H groups in total. The molecule has 0 bridgehead atoms. The summed E-state index contributed by atoms with van der Waals surface area (Å²) in [6.45, 7) is 24.9. The molecule has 5 atom stereocenters. The number of rotatable bonds is 4. The van der Waals surface area contributed by atoms with E-state index in [9.17, 15) is 9.59 Å². The lowest BCUT2D eigenvalue weighted by atomic mass is 9.35. The fraction of sp³-hybridized carbons (Fsp3) is 0.926. The molecule has 2 aliphatic rings. The lowest BCUT2D eigenvalue weighted by Gasteiger charge is -2.71. The van der Waals surface area contributed by atoms with Gasteiger partial charge in [-0.15, -0.1) is 0 Å². The fourth-order valence-corrected chi connectivity index (χ4v) is 8.72. The van der Waals surface area contributed by atoms with Gasteiger partial charge in [-0.3, -0.25) is 4.79 Å². The minimum absolute atomic E-state index is 0.0775. The maximum absolute atomic E-state index is 13.3. The first kappa shape index (κ1) is 29.1. The first-order chi connectivity index (χ1) is 15.3. The van der Waals surface area contributed by atoms with E-state index in [4.69, 9.17) is 13.9 Å². The smallest absolute Gasteiger partial charge is 0.410 e. The number of amides is 1. The summed E-state index contributed by atoms with van der Waals surface area (Å²) in [5.74, 6) is 0.0613. The van der Waals surface area contributed by atoms with Crippen LogP contribution < -0.4 is 0 Å². The summed E-state index contributed by atoms with van der Waals surface area (Å²) >= 11 is 0. The van der Waals surface area contributed by atoms with Crippen molar-refractivity contribution in [1.29, 1.82) is 0 Å². The van der Waals surface area contributed by atoms with Gasteiger partial charge in [0.05, 0.1) is 18.6 Å². The zero-order valence-electron chi connectivity index (χ0n) is 24.1. The molecule has 2 fully saturated rings. The Morgan fingerprint density at radius 1 is 1.03 bits per heavy atom. The third kappa shape index (κ3) is 4.56. The second kappa shape index (κ2) is 9.42. The largest absolute Gasteiger partial charge is 0.469 e. The van der Waals surface area contributed by atoms with Crippen LogP contribution in [-0.2, 0) is 18.7 Å². The Balaban J connectivity index is 2.79. The molecule has 0 aromatic heterocycles. The predicted octanol–water partition coefficient (Wildman–Crippen LogP) is 4.82. The lowest BCUT2D eigenvalue weighted by molar-refractivity contribution is -0.252. The molecule has 1 saturated heterocycles. The minimum atomic E-state index is -0.596. The zero-order valence-corrected chi connectivity index (χ0v) is 26.1. The van der Waals surface area contributed by atoms with Crippen molar-refractivity contribution >= 4 is 22.5 Å². The Morgan fingerprint density at radius 2 is 1.59 bits per heavy atom. The van der Waals surface area contributed by atoms with Gasteiger partial charge in [-0.2, -0.15) is 0 Å². The molecule has 3 unspecified atom stereocenters. The Labute approximate surface area is 211 Å². The molecule has 1 amide bonds. The Hall–Kier alpha value is -1.08. The van der Waals surface area contributed by atoms with Gasteiger partial charge in [-0.25, -0.2) is 4.79 Å². The average molecular weight is 498 g/mol. The van der Waals surface area contributed by atoms with Gasteiger partial charge in [0.15, 0.2) is 0 Å². The molecular weight excluding hydrogens is 446 g/mol. The number of carbonyl (C=O) groups excluding carboxylic acids is 2. The fourth-order valence-electron chi connectivity index (χ4n) is 8.01. The van der Waals surface area contributed by atoms with E-state index in [1.807, 2.05) is 20.8 Å². The second-order valence-corrected chi connectivity index (χ2v) is 14.1. The van der Waals surface area contributed by atoms with E-state index in [-0.39, 0.29) is 39.8 Å². The topological polar surface area (TPSA) is 65.1 Å². The van der Waals surface area contributed by atoms with Crippen molar-refractivity contribution in [2.45, 2.75) is 100 Å². The summed E-state index contributed by atoms with van der Waals surface area (Å²) in [7, 11) is 2.10. The van der Waals surface area contributed by atoms with Crippen LogP contribution in [0.3, 0.4) is 0 Å². The molecule has 0 aromatic rings. The van der Waals surface area contributed by atoms with Gasteiger partial charge in [-0.1, -0.05) is 48.5 Å². The van der Waals surface area contributed by atoms with Crippen molar-refractivity contribution in [3.8, 4) is 0 Å². The molecule has 1 aliphatic heterocycles. The molecule has 0 aromatic carbocycles. The highest BCUT2D eigenvalue weighted by atomic mass is 28.2. The molecule has 0 spiro atoms. The Kier molecular flexibility index (Phi) is 8.07. The van der Waals surface area contributed by atoms with Crippen LogP contribution in [0, 0.1) is 39.9 Å². The molecule has 7 heteroatoms. The van der Waals surface area contributed by atoms with Gasteiger partial charge in [0.25, 0.3) is 0 Å². The number of methoxy groups -OCH3 is 1. The van der Waals surface area contributed by atoms with E-state index >= 15 is 0 Å². The number of nitrogens with zero attached hydrogens (tertiary/aromatic N) is 1. The SMILES string of the molecule is COC(=O)[C@H]1CN(C(=O)OC(C)(C)C)C[C@H]1C1(C(C)(C)C)C(C(C)C)CCC(C)(O[SiH3])C1(C)C. The van der Waals surface area contributed by atoms with Crippen molar-refractivity contribution in [1.82, 2.24) is 4.90 Å². The normalized spacial score (nSPS) is 34.4. The quantitative estimate of drug-likeness (QED) is 0.411. The predicted molar refractivity (Wildman–Crippen MR) is 139 cm³/mol. The van der Waals surface area contributed by atoms with E-state index in [0.717, 1.165) is 12.8 Å².